The van der Waals surface area contributed by atoms with E-state index in [9.17, 15) is 45.8 Å². The largest absolute Gasteiger partial charge is 0.471 e. The lowest BCUT2D eigenvalue weighted by atomic mass is 9.47. The minimum atomic E-state index is -5.00. The number of hydrogen-bond acceptors (Lipinski definition) is 6. The molecule has 61 heavy (non-hydrogen) atoms. The van der Waals surface area contributed by atoms with Crippen molar-refractivity contribution in [2.45, 2.75) is 137 Å². The first-order valence-corrected chi connectivity index (χ1v) is 21.6. The van der Waals surface area contributed by atoms with Crippen LogP contribution in [0.15, 0.2) is 60.7 Å². The molecule has 9 aliphatic rings. The highest BCUT2D eigenvalue weighted by Gasteiger charge is 2.67. The van der Waals surface area contributed by atoms with Crippen molar-refractivity contribution in [3.8, 4) is 0 Å². The SMILES string of the molecule is C.C1CCOC1.CC(=O)O[C@@]12C[C@H]3CC(C[C@@](Cl)(C3)C1)[C@@H]2[C@@H](NC(=O)C(F)(F)F)c1ccccc1.O=C(N[C@@H](c1ccccc1)[C@H]1C2C[C@H]3C[C@](Cl)(C2)C[C@@]1(O)C3)C(F)(F)F. The second-order valence-corrected chi connectivity index (χ2v) is 20.1. The summed E-state index contributed by atoms with van der Waals surface area (Å²) in [7, 11) is 0. The number of ether oxygens (including phenoxy) is 2. The number of alkyl halides is 8. The molecule has 9 fully saturated rings. The van der Waals surface area contributed by atoms with E-state index in [1.807, 2.05) is 0 Å². The Morgan fingerprint density at radius 3 is 1.54 bits per heavy atom. The second-order valence-electron chi connectivity index (χ2n) is 18.5. The van der Waals surface area contributed by atoms with Gasteiger partial charge in [-0.25, -0.2) is 0 Å². The van der Waals surface area contributed by atoms with Crippen molar-refractivity contribution in [2.24, 2.45) is 35.5 Å². The Hall–Kier alpha value is -3.07. The Bertz CT molecular complexity index is 1860. The summed E-state index contributed by atoms with van der Waals surface area (Å²) >= 11 is 13.5. The Kier molecular flexibility index (Phi) is 13.9. The lowest BCUT2D eigenvalue weighted by molar-refractivity contribution is -0.210. The molecule has 11 rings (SSSR count). The maximum atomic E-state index is 13.1. The van der Waals surface area contributed by atoms with Gasteiger partial charge in [0.05, 0.1) is 17.7 Å². The van der Waals surface area contributed by atoms with Crippen LogP contribution in [-0.2, 0) is 23.9 Å². The van der Waals surface area contributed by atoms with Gasteiger partial charge in [-0.15, -0.1) is 23.2 Å². The summed E-state index contributed by atoms with van der Waals surface area (Å²) in [6.07, 6.45) is -0.907. The highest BCUT2D eigenvalue weighted by Crippen LogP contribution is 2.67. The number of nitrogens with one attached hydrogen (secondary N) is 2. The molecule has 8 nitrogen and oxygen atoms in total. The normalized spacial score (nSPS) is 36.2. The molecular weight excluding hydrogens is 849 g/mol. The zero-order valence-corrected chi connectivity index (χ0v) is 34.8. The van der Waals surface area contributed by atoms with Gasteiger partial charge >= 0.3 is 30.1 Å². The van der Waals surface area contributed by atoms with E-state index >= 15 is 0 Å². The van der Waals surface area contributed by atoms with Crippen molar-refractivity contribution in [1.82, 2.24) is 10.6 Å². The van der Waals surface area contributed by atoms with Crippen LogP contribution in [0.2, 0.25) is 0 Å². The molecule has 2 amide bonds. The van der Waals surface area contributed by atoms with E-state index < -0.39 is 75.0 Å². The Morgan fingerprint density at radius 1 is 0.705 bits per heavy atom. The van der Waals surface area contributed by atoms with Crippen molar-refractivity contribution in [2.75, 3.05) is 13.2 Å². The van der Waals surface area contributed by atoms with Gasteiger partial charge in [-0.05, 0) is 105 Å². The lowest BCUT2D eigenvalue weighted by Crippen LogP contribution is -2.66. The second kappa shape index (κ2) is 17.8. The van der Waals surface area contributed by atoms with Crippen molar-refractivity contribution in [1.29, 1.82) is 0 Å². The van der Waals surface area contributed by atoms with Gasteiger partial charge in [-0.3, -0.25) is 14.4 Å². The summed E-state index contributed by atoms with van der Waals surface area (Å²) in [6, 6.07) is 15.4. The van der Waals surface area contributed by atoms with Crippen LogP contribution in [-0.4, -0.2) is 69.4 Å². The van der Waals surface area contributed by atoms with Crippen LogP contribution in [0.1, 0.15) is 115 Å². The van der Waals surface area contributed by atoms with Gasteiger partial charge in [0, 0.05) is 48.1 Å². The van der Waals surface area contributed by atoms with Gasteiger partial charge in [0.15, 0.2) is 0 Å². The predicted octanol–water partition coefficient (Wildman–Crippen LogP) is 9.91. The smallest absolute Gasteiger partial charge is 0.459 e. The van der Waals surface area contributed by atoms with E-state index in [1.54, 1.807) is 60.7 Å². The third-order valence-electron chi connectivity index (χ3n) is 13.9. The summed E-state index contributed by atoms with van der Waals surface area (Å²) < 4.78 is 88.8. The summed E-state index contributed by atoms with van der Waals surface area (Å²) in [5.74, 6) is -4.84. The number of hydrogen-bond donors (Lipinski definition) is 3. The molecule has 0 aromatic heterocycles. The maximum Gasteiger partial charge on any atom is 0.471 e. The van der Waals surface area contributed by atoms with Crippen molar-refractivity contribution < 1.29 is 55.3 Å². The summed E-state index contributed by atoms with van der Waals surface area (Å²) in [5.41, 5.74) is -0.972. The number of aliphatic hydroxyl groups is 1. The third kappa shape index (κ3) is 10.3. The van der Waals surface area contributed by atoms with Gasteiger partial charge in [0.1, 0.15) is 5.60 Å². The third-order valence-corrected chi connectivity index (χ3v) is 14.8. The molecule has 1 aliphatic heterocycles. The van der Waals surface area contributed by atoms with Crippen LogP contribution in [0, 0.1) is 35.5 Å². The van der Waals surface area contributed by atoms with Gasteiger partial charge in [-0.1, -0.05) is 68.1 Å². The number of benzene rings is 2. The van der Waals surface area contributed by atoms with E-state index in [0.29, 0.717) is 55.6 Å². The molecule has 8 saturated carbocycles. The average molecular weight is 906 g/mol. The average Bonchev–Trinajstić information content (AvgIpc) is 3.72. The van der Waals surface area contributed by atoms with Gasteiger partial charge < -0.3 is 25.2 Å². The first-order valence-electron chi connectivity index (χ1n) is 20.8. The minimum absolute atomic E-state index is 0. The highest BCUT2D eigenvalue weighted by atomic mass is 35.5. The van der Waals surface area contributed by atoms with Crippen LogP contribution in [0.3, 0.4) is 0 Å². The fourth-order valence-corrected chi connectivity index (χ4v) is 14.0. The summed E-state index contributed by atoms with van der Waals surface area (Å²) in [5, 5.41) is 15.7. The molecule has 0 spiro atoms. The number of carbonyl (C=O) groups is 3. The zero-order valence-electron chi connectivity index (χ0n) is 33.3. The molecule has 2 aromatic rings. The number of rotatable bonds is 7. The predicted molar refractivity (Wildman–Crippen MR) is 217 cm³/mol. The van der Waals surface area contributed by atoms with Crippen molar-refractivity contribution in [3.05, 3.63) is 71.8 Å². The molecule has 1 heterocycles. The molecule has 1 saturated heterocycles. The first-order chi connectivity index (χ1) is 28.1. The molecular formula is C45H56Cl2F6N2O6. The van der Waals surface area contributed by atoms with Crippen LogP contribution in [0.25, 0.3) is 0 Å². The molecule has 12 atom stereocenters. The first kappa shape index (κ1) is 47.4. The summed E-state index contributed by atoms with van der Waals surface area (Å²) in [4.78, 5) is 34.6. The van der Waals surface area contributed by atoms with Crippen LogP contribution < -0.4 is 10.6 Å². The zero-order chi connectivity index (χ0) is 43.3. The van der Waals surface area contributed by atoms with E-state index in [1.165, 1.54) is 19.8 Å². The van der Waals surface area contributed by atoms with Crippen LogP contribution >= 0.6 is 23.2 Å². The van der Waals surface area contributed by atoms with E-state index in [4.69, 9.17) is 32.7 Å². The quantitative estimate of drug-likeness (QED) is 0.145. The minimum Gasteiger partial charge on any atom is -0.459 e. The summed E-state index contributed by atoms with van der Waals surface area (Å²) in [6.45, 7) is 3.31. The molecule has 0 radical (unpaired) electrons. The van der Waals surface area contributed by atoms with Gasteiger partial charge in [0.2, 0.25) is 0 Å². The molecule has 2 aromatic carbocycles. The van der Waals surface area contributed by atoms with Crippen molar-refractivity contribution >= 4 is 41.0 Å². The fraction of sp³-hybridized carbons (Fsp3) is 0.667. The topological polar surface area (TPSA) is 114 Å². The number of halogens is 8. The van der Waals surface area contributed by atoms with Crippen molar-refractivity contribution in [3.63, 3.8) is 0 Å². The number of carbonyl (C=O) groups excluding carboxylic acids is 3. The number of amides is 2. The fourth-order valence-electron chi connectivity index (χ4n) is 12.7. The molecule has 2 unspecified atom stereocenters. The highest BCUT2D eigenvalue weighted by molar-refractivity contribution is 6.24. The Labute approximate surface area is 363 Å². The standard InChI is InChI=1S/C21H23ClF3NO3.C19H21ClF3NO2.C4H8O.CH4/c1-12(27)29-20-9-13-7-15(10-19(22,8-13)11-20)16(20)17(14-5-3-2-4-6-14)26-18(28)21(23,24)25;20-17-7-11-6-13(9-17)14(18(26,8-11)10-17)15(12-4-2-1-3-5-12)24-16(25)19(21,22)23;1-2-4-5-3-1;/h2-6,13,15-17H,7-11H2,1H3,(H,26,28);1-5,11,13-15,26H,6-10H2,(H,24,25);1-4H2;1H4/t13-,15?,16+,17-,19-,20-;11-,13?,14+,15-,17-,18-;;/m00../s1. The van der Waals surface area contributed by atoms with E-state index in [0.717, 1.165) is 38.9 Å². The monoisotopic (exact) mass is 904 g/mol. The van der Waals surface area contributed by atoms with Crippen LogP contribution in [0.5, 0.6) is 0 Å². The van der Waals surface area contributed by atoms with E-state index in [2.05, 4.69) is 10.6 Å². The Morgan fingerprint density at radius 2 is 1.15 bits per heavy atom. The van der Waals surface area contributed by atoms with Gasteiger partial charge in [-0.2, -0.15) is 26.3 Å². The lowest BCUT2D eigenvalue weighted by Gasteiger charge is -2.64. The molecule has 8 bridgehead atoms. The molecule has 16 heteroatoms. The molecule has 338 valence electrons. The molecule has 8 aliphatic carbocycles. The molecule has 3 N–H and O–H groups in total. The van der Waals surface area contributed by atoms with E-state index in [-0.39, 0.29) is 25.2 Å². The maximum absolute atomic E-state index is 13.1. The Balaban J connectivity index is 0.000000181. The van der Waals surface area contributed by atoms with Crippen LogP contribution in [0.4, 0.5) is 26.3 Å². The number of esters is 1. The van der Waals surface area contributed by atoms with Gasteiger partial charge in [0.25, 0.3) is 0 Å².